The Hall–Kier alpha value is -1.13. The van der Waals surface area contributed by atoms with Crippen LogP contribution in [0.4, 0.5) is 5.82 Å². The van der Waals surface area contributed by atoms with Gasteiger partial charge in [0.05, 0.1) is 0 Å². The molecule has 4 heteroatoms. The Morgan fingerprint density at radius 1 is 1.37 bits per heavy atom. The normalized spacial score (nSPS) is 17.7. The molecule has 2 rings (SSSR count). The summed E-state index contributed by atoms with van der Waals surface area (Å²) in [6, 6.07) is 4.73. The van der Waals surface area contributed by atoms with E-state index in [1.807, 2.05) is 13.0 Å². The van der Waals surface area contributed by atoms with Gasteiger partial charge in [-0.15, -0.1) is 0 Å². The molecule has 106 valence electrons. The Balaban J connectivity index is 2.11. The number of rotatable bonds is 4. The minimum atomic E-state index is 0.556. The van der Waals surface area contributed by atoms with Crippen molar-refractivity contribution in [3.63, 3.8) is 0 Å². The Morgan fingerprint density at radius 3 is 2.63 bits per heavy atom. The Labute approximate surface area is 116 Å². The first kappa shape index (κ1) is 14.3. The number of nitrogens with zero attached hydrogens (tertiary/aromatic N) is 3. The molecular weight excluding hydrogens is 236 g/mol. The van der Waals surface area contributed by atoms with Gasteiger partial charge in [0.15, 0.2) is 0 Å². The summed E-state index contributed by atoms with van der Waals surface area (Å²) >= 11 is 0. The van der Waals surface area contributed by atoms with E-state index < -0.39 is 0 Å². The number of hydrogen-bond acceptors (Lipinski definition) is 4. The van der Waals surface area contributed by atoms with Crippen molar-refractivity contribution in [1.82, 2.24) is 9.88 Å². The second-order valence-corrected chi connectivity index (χ2v) is 5.42. The number of pyridine rings is 1. The number of likely N-dealkylation sites (tertiary alicyclic amines) is 1. The van der Waals surface area contributed by atoms with Crippen molar-refractivity contribution < 1.29 is 0 Å². The van der Waals surface area contributed by atoms with Crippen LogP contribution in [0.5, 0.6) is 0 Å². The van der Waals surface area contributed by atoms with Crippen LogP contribution in [-0.4, -0.2) is 42.6 Å². The van der Waals surface area contributed by atoms with E-state index in [1.54, 1.807) is 0 Å². The summed E-state index contributed by atoms with van der Waals surface area (Å²) in [5.74, 6) is 1.07. The minimum absolute atomic E-state index is 0.556. The molecule has 1 aromatic heterocycles. The average Bonchev–Trinajstić information content (AvgIpc) is 2.46. The molecule has 0 saturated carbocycles. The summed E-state index contributed by atoms with van der Waals surface area (Å²) in [5, 5.41) is 0. The predicted octanol–water partition coefficient (Wildman–Crippen LogP) is 1.77. The second-order valence-electron chi connectivity index (χ2n) is 5.42. The minimum Gasteiger partial charge on any atom is -0.356 e. The van der Waals surface area contributed by atoms with E-state index in [0.717, 1.165) is 23.6 Å². The molecule has 1 fully saturated rings. The van der Waals surface area contributed by atoms with Crippen LogP contribution in [0.2, 0.25) is 0 Å². The predicted molar refractivity (Wildman–Crippen MR) is 80.4 cm³/mol. The van der Waals surface area contributed by atoms with Crippen LogP contribution < -0.4 is 10.6 Å². The van der Waals surface area contributed by atoms with Crippen LogP contribution in [-0.2, 0) is 6.54 Å². The summed E-state index contributed by atoms with van der Waals surface area (Å²) in [7, 11) is 2.16. The van der Waals surface area contributed by atoms with Gasteiger partial charge in [0.2, 0.25) is 0 Å². The van der Waals surface area contributed by atoms with E-state index in [1.165, 1.54) is 25.9 Å². The number of hydrogen-bond donors (Lipinski definition) is 1. The maximum Gasteiger partial charge on any atom is 0.133 e. The number of nitrogens with two attached hydrogens (primary N) is 1. The fraction of sp³-hybridized carbons (Fsp3) is 0.667. The second kappa shape index (κ2) is 6.35. The van der Waals surface area contributed by atoms with Gasteiger partial charge in [-0.05, 0) is 32.4 Å². The van der Waals surface area contributed by atoms with Crippen molar-refractivity contribution in [2.24, 2.45) is 5.73 Å². The van der Waals surface area contributed by atoms with Crippen LogP contribution >= 0.6 is 0 Å². The zero-order valence-corrected chi connectivity index (χ0v) is 12.4. The summed E-state index contributed by atoms with van der Waals surface area (Å²) in [6.07, 6.45) is 2.42. The lowest BCUT2D eigenvalue weighted by Gasteiger charge is -2.37. The van der Waals surface area contributed by atoms with E-state index in [9.17, 15) is 0 Å². The van der Waals surface area contributed by atoms with Crippen molar-refractivity contribution >= 4 is 5.82 Å². The van der Waals surface area contributed by atoms with Gasteiger partial charge in [-0.1, -0.05) is 13.0 Å². The highest BCUT2D eigenvalue weighted by molar-refractivity contribution is 5.48. The molecule has 19 heavy (non-hydrogen) atoms. The molecule has 1 saturated heterocycles. The molecular formula is C15H26N4. The summed E-state index contributed by atoms with van der Waals surface area (Å²) in [4.78, 5) is 9.54. The first-order valence-electron chi connectivity index (χ1n) is 7.27. The molecule has 4 nitrogen and oxygen atoms in total. The van der Waals surface area contributed by atoms with Crippen molar-refractivity contribution in [2.45, 2.75) is 39.3 Å². The lowest BCUT2D eigenvalue weighted by atomic mass is 10.0. The van der Waals surface area contributed by atoms with E-state index in [0.29, 0.717) is 12.6 Å². The first-order chi connectivity index (χ1) is 9.15. The van der Waals surface area contributed by atoms with Gasteiger partial charge in [0.25, 0.3) is 0 Å². The van der Waals surface area contributed by atoms with Gasteiger partial charge in [-0.25, -0.2) is 4.98 Å². The van der Waals surface area contributed by atoms with Crippen LogP contribution in [0.25, 0.3) is 0 Å². The third-order valence-electron chi connectivity index (χ3n) is 4.20. The van der Waals surface area contributed by atoms with Gasteiger partial charge in [0, 0.05) is 44.0 Å². The molecule has 0 aliphatic carbocycles. The van der Waals surface area contributed by atoms with E-state index in [4.69, 9.17) is 10.7 Å². The third-order valence-corrected chi connectivity index (χ3v) is 4.20. The molecule has 2 N–H and O–H groups in total. The molecule has 2 heterocycles. The van der Waals surface area contributed by atoms with Crippen LogP contribution in [0.1, 0.15) is 31.0 Å². The fourth-order valence-corrected chi connectivity index (χ4v) is 2.83. The Bertz CT molecular complexity index is 411. The highest BCUT2D eigenvalue weighted by Crippen LogP contribution is 2.24. The lowest BCUT2D eigenvalue weighted by Crippen LogP contribution is -2.44. The largest absolute Gasteiger partial charge is 0.356 e. The van der Waals surface area contributed by atoms with Gasteiger partial charge in [0.1, 0.15) is 5.82 Å². The van der Waals surface area contributed by atoms with E-state index in [-0.39, 0.29) is 0 Å². The summed E-state index contributed by atoms with van der Waals surface area (Å²) in [5.41, 5.74) is 8.04. The summed E-state index contributed by atoms with van der Waals surface area (Å²) in [6.45, 7) is 8.37. The molecule has 1 aliphatic heterocycles. The molecule has 0 spiro atoms. The molecule has 1 aromatic rings. The van der Waals surface area contributed by atoms with Gasteiger partial charge in [-0.3, -0.25) is 0 Å². The zero-order valence-electron chi connectivity index (χ0n) is 12.4. The maximum absolute atomic E-state index is 5.84. The van der Waals surface area contributed by atoms with Crippen LogP contribution in [0.3, 0.4) is 0 Å². The molecule has 1 aliphatic rings. The summed E-state index contributed by atoms with van der Waals surface area (Å²) < 4.78 is 0. The van der Waals surface area contributed by atoms with E-state index >= 15 is 0 Å². The number of piperidine rings is 1. The average molecular weight is 262 g/mol. The number of aromatic nitrogens is 1. The standard InChI is InChI=1S/C15H26N4/c1-4-19-9-7-14(8-10-19)18(3)15-13(11-16)6-5-12(2)17-15/h5-6,14H,4,7-11,16H2,1-3H3. The highest BCUT2D eigenvalue weighted by atomic mass is 15.2. The highest BCUT2D eigenvalue weighted by Gasteiger charge is 2.23. The zero-order chi connectivity index (χ0) is 13.8. The molecule has 0 radical (unpaired) electrons. The van der Waals surface area contributed by atoms with Gasteiger partial charge < -0.3 is 15.5 Å². The molecule has 0 aromatic carbocycles. The maximum atomic E-state index is 5.84. The smallest absolute Gasteiger partial charge is 0.133 e. The van der Waals surface area contributed by atoms with E-state index in [2.05, 4.69) is 29.8 Å². The topological polar surface area (TPSA) is 45.4 Å². The van der Waals surface area contributed by atoms with Crippen molar-refractivity contribution in [2.75, 3.05) is 31.6 Å². The van der Waals surface area contributed by atoms with Crippen LogP contribution in [0.15, 0.2) is 12.1 Å². The Morgan fingerprint density at radius 2 is 2.05 bits per heavy atom. The van der Waals surface area contributed by atoms with Crippen molar-refractivity contribution in [3.8, 4) is 0 Å². The lowest BCUT2D eigenvalue weighted by molar-refractivity contribution is 0.220. The SMILES string of the molecule is CCN1CCC(N(C)c2nc(C)ccc2CN)CC1. The number of anilines is 1. The Kier molecular flexibility index (Phi) is 4.77. The monoisotopic (exact) mass is 262 g/mol. The van der Waals surface area contributed by atoms with Gasteiger partial charge in [-0.2, -0.15) is 0 Å². The van der Waals surface area contributed by atoms with Crippen LogP contribution in [0, 0.1) is 6.92 Å². The van der Waals surface area contributed by atoms with Crippen molar-refractivity contribution in [3.05, 3.63) is 23.4 Å². The molecule has 0 bridgehead atoms. The first-order valence-corrected chi connectivity index (χ1v) is 7.27. The molecule has 0 amide bonds. The van der Waals surface area contributed by atoms with Crippen molar-refractivity contribution in [1.29, 1.82) is 0 Å². The quantitative estimate of drug-likeness (QED) is 0.898. The molecule has 0 unspecified atom stereocenters. The number of aryl methyl sites for hydroxylation is 1. The fourth-order valence-electron chi connectivity index (χ4n) is 2.83. The molecule has 0 atom stereocenters. The van der Waals surface area contributed by atoms with Gasteiger partial charge >= 0.3 is 0 Å². The third kappa shape index (κ3) is 3.25.